The number of nitrogens with one attached hydrogen (secondary N) is 3. The molecule has 3 N–H and O–H groups in total. The van der Waals surface area contributed by atoms with Gasteiger partial charge in [0.1, 0.15) is 0 Å². The Kier molecular flexibility index (Phi) is 9.35. The Labute approximate surface area is 235 Å². The molecule has 0 unspecified atom stereocenters. The second kappa shape index (κ2) is 12.5. The predicted octanol–water partition coefficient (Wildman–Crippen LogP) is 3.62. The Morgan fingerprint density at radius 3 is 2.50 bits per heavy atom. The quantitative estimate of drug-likeness (QED) is 0.254. The lowest BCUT2D eigenvalue weighted by Gasteiger charge is -2.34. The van der Waals surface area contributed by atoms with E-state index in [1.165, 1.54) is 6.08 Å². The molecule has 40 heavy (non-hydrogen) atoms. The monoisotopic (exact) mass is 543 g/mol. The lowest BCUT2D eigenvalue weighted by molar-refractivity contribution is -0.111. The summed E-state index contributed by atoms with van der Waals surface area (Å²) in [5.74, 6) is 2.18. The second-order valence-corrected chi connectivity index (χ2v) is 10.4. The Morgan fingerprint density at radius 2 is 1.90 bits per heavy atom. The van der Waals surface area contributed by atoms with Gasteiger partial charge in [-0.05, 0) is 76.9 Å². The molecule has 0 bridgehead atoms. The molecule has 2 aromatic rings. The van der Waals surface area contributed by atoms with Crippen LogP contribution in [-0.4, -0.2) is 64.1 Å². The van der Waals surface area contributed by atoms with Crippen LogP contribution in [-0.2, 0) is 23.9 Å². The third-order valence-corrected chi connectivity index (χ3v) is 6.74. The number of allylic oxidation sites excluding steroid dienone is 3. The number of aryl methyl sites for hydroxylation is 1. The number of carbonyl (C=O) groups is 3. The Morgan fingerprint density at radius 1 is 1.23 bits per heavy atom. The summed E-state index contributed by atoms with van der Waals surface area (Å²) in [4.78, 5) is 41.9. The SMILES string of the molecule is C#C/C=C\C=C(/C)[C@@H](CN(C)C)NC(=O)N1Cc2c(NC(=O)c3ccc(NC(=O)C=C)cc3)nn(C)c2C1(C)C. The maximum atomic E-state index is 13.6. The zero-order valence-corrected chi connectivity index (χ0v) is 23.9. The number of anilines is 2. The van der Waals surface area contributed by atoms with Crippen molar-refractivity contribution in [2.24, 2.45) is 7.05 Å². The van der Waals surface area contributed by atoms with E-state index >= 15 is 0 Å². The first-order valence-electron chi connectivity index (χ1n) is 12.8. The summed E-state index contributed by atoms with van der Waals surface area (Å²) < 4.78 is 1.71. The minimum absolute atomic E-state index is 0.226. The summed E-state index contributed by atoms with van der Waals surface area (Å²) in [6, 6.07) is 6.03. The molecule has 10 heteroatoms. The van der Waals surface area contributed by atoms with Crippen LogP contribution in [0.4, 0.5) is 16.3 Å². The van der Waals surface area contributed by atoms with Crippen molar-refractivity contribution in [1.29, 1.82) is 0 Å². The summed E-state index contributed by atoms with van der Waals surface area (Å²) >= 11 is 0. The summed E-state index contributed by atoms with van der Waals surface area (Å²) in [5, 5.41) is 13.2. The molecule has 0 spiro atoms. The average molecular weight is 544 g/mol. The molecule has 1 atom stereocenters. The van der Waals surface area contributed by atoms with Gasteiger partial charge in [-0.25, -0.2) is 4.79 Å². The minimum Gasteiger partial charge on any atom is -0.330 e. The summed E-state index contributed by atoms with van der Waals surface area (Å²) in [6.07, 6.45) is 11.8. The van der Waals surface area contributed by atoms with Crippen molar-refractivity contribution in [2.75, 3.05) is 31.3 Å². The van der Waals surface area contributed by atoms with Crippen LogP contribution in [0.2, 0.25) is 0 Å². The lowest BCUT2D eigenvalue weighted by Crippen LogP contribution is -2.52. The fourth-order valence-electron chi connectivity index (χ4n) is 4.74. The van der Waals surface area contributed by atoms with Crippen molar-refractivity contribution in [3.8, 4) is 12.3 Å². The molecule has 1 aliphatic rings. The highest BCUT2D eigenvalue weighted by Gasteiger charge is 2.45. The lowest BCUT2D eigenvalue weighted by atomic mass is 10.0. The molecule has 1 aromatic carbocycles. The highest BCUT2D eigenvalue weighted by molar-refractivity contribution is 6.05. The van der Waals surface area contributed by atoms with Gasteiger partial charge in [0, 0.05) is 30.4 Å². The number of likely N-dealkylation sites (N-methyl/N-ethyl adjacent to an activating group) is 1. The van der Waals surface area contributed by atoms with Gasteiger partial charge in [0.05, 0.1) is 23.8 Å². The van der Waals surface area contributed by atoms with Gasteiger partial charge in [0.15, 0.2) is 5.82 Å². The van der Waals surface area contributed by atoms with Crippen LogP contribution in [0, 0.1) is 12.3 Å². The first-order chi connectivity index (χ1) is 18.9. The minimum atomic E-state index is -0.682. The number of hydrogen-bond donors (Lipinski definition) is 3. The van der Waals surface area contributed by atoms with Gasteiger partial charge in [0.25, 0.3) is 5.91 Å². The van der Waals surface area contributed by atoms with E-state index in [0.717, 1.165) is 16.8 Å². The van der Waals surface area contributed by atoms with Gasteiger partial charge in [-0.2, -0.15) is 5.10 Å². The van der Waals surface area contributed by atoms with Crippen LogP contribution >= 0.6 is 0 Å². The number of fused-ring (bicyclic) bond motifs is 1. The first-order valence-corrected chi connectivity index (χ1v) is 12.8. The summed E-state index contributed by atoms with van der Waals surface area (Å²) in [7, 11) is 5.70. The molecule has 4 amide bonds. The highest BCUT2D eigenvalue weighted by Crippen LogP contribution is 2.41. The fraction of sp³-hybridized carbons (Fsp3) is 0.333. The van der Waals surface area contributed by atoms with E-state index in [4.69, 9.17) is 6.42 Å². The van der Waals surface area contributed by atoms with E-state index in [9.17, 15) is 14.4 Å². The van der Waals surface area contributed by atoms with Gasteiger partial charge >= 0.3 is 6.03 Å². The molecule has 3 rings (SSSR count). The van der Waals surface area contributed by atoms with E-state index in [1.807, 2.05) is 45.8 Å². The number of aromatic nitrogens is 2. The van der Waals surface area contributed by atoms with Crippen LogP contribution in [0.5, 0.6) is 0 Å². The summed E-state index contributed by atoms with van der Waals surface area (Å²) in [5.41, 5.74) is 2.85. The number of urea groups is 1. The summed E-state index contributed by atoms with van der Waals surface area (Å²) in [6.45, 7) is 10.2. The molecule has 10 nitrogen and oxygen atoms in total. The number of rotatable bonds is 9. The van der Waals surface area contributed by atoms with Gasteiger partial charge in [-0.3, -0.25) is 14.3 Å². The molecule has 0 saturated heterocycles. The third-order valence-electron chi connectivity index (χ3n) is 6.74. The normalized spacial score (nSPS) is 14.9. The van der Waals surface area contributed by atoms with Crippen LogP contribution in [0.3, 0.4) is 0 Å². The average Bonchev–Trinajstić information content (AvgIpc) is 3.36. The molecule has 0 fully saturated rings. The van der Waals surface area contributed by atoms with E-state index in [0.29, 0.717) is 23.6 Å². The van der Waals surface area contributed by atoms with Crippen LogP contribution < -0.4 is 16.0 Å². The molecule has 1 aliphatic heterocycles. The molecule has 2 heterocycles. The Balaban J connectivity index is 1.80. The molecular weight excluding hydrogens is 506 g/mol. The zero-order chi connectivity index (χ0) is 29.6. The first kappa shape index (κ1) is 29.9. The predicted molar refractivity (Wildman–Crippen MR) is 158 cm³/mol. The van der Waals surface area contributed by atoms with Gasteiger partial charge in [-0.1, -0.05) is 24.7 Å². The van der Waals surface area contributed by atoms with Crippen LogP contribution in [0.15, 0.2) is 60.7 Å². The standard InChI is InChI=1S/C30H37N7O3/c1-9-11-12-13-20(3)24(19-35(6)7)32-29(40)37-18-23-26(30(37,4)5)36(8)34-27(23)33-28(39)21-14-16-22(17-15-21)31-25(38)10-2/h1,10-17,24H,2,18-19H2,3-8H3,(H,31,38)(H,32,40)(H,33,34,39)/b12-11-,20-13+/t24-/m1/s1. The molecule has 0 radical (unpaired) electrons. The second-order valence-electron chi connectivity index (χ2n) is 10.4. The van der Waals surface area contributed by atoms with Gasteiger partial charge < -0.3 is 25.8 Å². The van der Waals surface area contributed by atoms with Crippen molar-refractivity contribution in [2.45, 2.75) is 38.9 Å². The van der Waals surface area contributed by atoms with Crippen molar-refractivity contribution in [1.82, 2.24) is 24.9 Å². The van der Waals surface area contributed by atoms with Gasteiger partial charge in [0.2, 0.25) is 5.91 Å². The largest absolute Gasteiger partial charge is 0.330 e. The molecular formula is C30H37N7O3. The van der Waals surface area contributed by atoms with E-state index < -0.39 is 5.54 Å². The number of nitrogens with zero attached hydrogens (tertiary/aromatic N) is 4. The van der Waals surface area contributed by atoms with Crippen molar-refractivity contribution in [3.63, 3.8) is 0 Å². The maximum Gasteiger partial charge on any atom is 0.318 e. The van der Waals surface area contributed by atoms with Crippen LogP contribution in [0.25, 0.3) is 0 Å². The van der Waals surface area contributed by atoms with E-state index in [2.05, 4.69) is 33.5 Å². The number of hydrogen-bond acceptors (Lipinski definition) is 5. The Hall–Kier alpha value is -4.62. The Bertz CT molecular complexity index is 1390. The smallest absolute Gasteiger partial charge is 0.318 e. The van der Waals surface area contributed by atoms with Crippen molar-refractivity contribution < 1.29 is 14.4 Å². The molecule has 1 aromatic heterocycles. The molecule has 210 valence electrons. The maximum absolute atomic E-state index is 13.6. The fourth-order valence-corrected chi connectivity index (χ4v) is 4.74. The zero-order valence-electron chi connectivity index (χ0n) is 23.9. The molecule has 0 saturated carbocycles. The third kappa shape index (κ3) is 6.68. The topological polar surface area (TPSA) is 112 Å². The number of amides is 4. The number of benzene rings is 1. The highest BCUT2D eigenvalue weighted by atomic mass is 16.2. The van der Waals surface area contributed by atoms with E-state index in [-0.39, 0.29) is 30.4 Å². The van der Waals surface area contributed by atoms with Gasteiger partial charge in [-0.15, -0.1) is 6.42 Å². The number of terminal acetylenes is 1. The number of carbonyl (C=O) groups excluding carboxylic acids is 3. The van der Waals surface area contributed by atoms with Crippen molar-refractivity contribution in [3.05, 3.63) is 77.5 Å². The van der Waals surface area contributed by atoms with Crippen molar-refractivity contribution >= 4 is 29.4 Å². The molecule has 0 aliphatic carbocycles. The van der Waals surface area contributed by atoms with E-state index in [1.54, 1.807) is 53.0 Å². The van der Waals surface area contributed by atoms with Crippen LogP contribution in [0.1, 0.15) is 42.4 Å².